The van der Waals surface area contributed by atoms with Gasteiger partial charge >= 0.3 is 6.61 Å². The topological polar surface area (TPSA) is 67.9 Å². The molecule has 0 radical (unpaired) electrons. The van der Waals surface area contributed by atoms with Gasteiger partial charge in [-0.3, -0.25) is 9.59 Å². The lowest BCUT2D eigenvalue weighted by molar-refractivity contribution is -0.121. The Morgan fingerprint density at radius 3 is 2.39 bits per heavy atom. The van der Waals surface area contributed by atoms with Crippen LogP contribution in [-0.4, -0.2) is 43.5 Å². The van der Waals surface area contributed by atoms with E-state index in [1.165, 1.54) is 30.2 Å². The van der Waals surface area contributed by atoms with Crippen LogP contribution in [0.2, 0.25) is 0 Å². The summed E-state index contributed by atoms with van der Waals surface area (Å²) in [5.74, 6) is -3.16. The highest BCUT2D eigenvalue weighted by Crippen LogP contribution is 2.32. The van der Waals surface area contributed by atoms with E-state index in [9.17, 15) is 27.2 Å². The average molecular weight is 440 g/mol. The van der Waals surface area contributed by atoms with Gasteiger partial charge in [-0.2, -0.15) is 8.78 Å². The summed E-state index contributed by atoms with van der Waals surface area (Å²) < 4.78 is 61.3. The second-order valence-corrected chi connectivity index (χ2v) is 6.92. The third kappa shape index (κ3) is 5.44. The number of nitrogens with zero attached hydrogens (tertiary/aromatic N) is 1. The Balaban J connectivity index is 1.59. The van der Waals surface area contributed by atoms with Crippen molar-refractivity contribution in [3.8, 4) is 11.5 Å². The van der Waals surface area contributed by atoms with Crippen LogP contribution in [0.1, 0.15) is 23.2 Å². The highest BCUT2D eigenvalue weighted by molar-refractivity contribution is 5.95. The average Bonchev–Trinajstić information content (AvgIpc) is 2.73. The number of alkyl halides is 2. The number of anilines is 1. The predicted molar refractivity (Wildman–Crippen MR) is 103 cm³/mol. The Morgan fingerprint density at radius 2 is 1.77 bits per heavy atom. The van der Waals surface area contributed by atoms with E-state index < -0.39 is 30.1 Å². The van der Waals surface area contributed by atoms with Crippen molar-refractivity contribution in [2.45, 2.75) is 19.5 Å². The Kier molecular flexibility index (Phi) is 6.98. The molecule has 0 saturated carbocycles. The smallest absolute Gasteiger partial charge is 0.387 e. The van der Waals surface area contributed by atoms with Crippen molar-refractivity contribution in [3.63, 3.8) is 0 Å². The van der Waals surface area contributed by atoms with E-state index in [2.05, 4.69) is 10.1 Å². The molecule has 6 nitrogen and oxygen atoms in total. The van der Waals surface area contributed by atoms with E-state index in [0.29, 0.717) is 18.9 Å². The van der Waals surface area contributed by atoms with Gasteiger partial charge in [0.1, 0.15) is 11.6 Å². The first-order valence-electron chi connectivity index (χ1n) is 9.46. The van der Waals surface area contributed by atoms with Crippen molar-refractivity contribution >= 4 is 17.5 Å². The second-order valence-electron chi connectivity index (χ2n) is 6.92. The number of piperidine rings is 1. The monoisotopic (exact) mass is 440 g/mol. The molecule has 2 aromatic carbocycles. The maximum Gasteiger partial charge on any atom is 0.387 e. The summed E-state index contributed by atoms with van der Waals surface area (Å²) >= 11 is 0. The molecule has 0 unspecified atom stereocenters. The Hall–Kier alpha value is -3.30. The third-order valence-electron chi connectivity index (χ3n) is 4.96. The third-order valence-corrected chi connectivity index (χ3v) is 4.96. The van der Waals surface area contributed by atoms with Crippen molar-refractivity contribution in [3.05, 3.63) is 53.6 Å². The zero-order valence-corrected chi connectivity index (χ0v) is 16.5. The highest BCUT2D eigenvalue weighted by atomic mass is 19.3. The van der Waals surface area contributed by atoms with E-state index in [1.807, 2.05) is 0 Å². The first-order valence-corrected chi connectivity index (χ1v) is 9.46. The van der Waals surface area contributed by atoms with E-state index >= 15 is 0 Å². The van der Waals surface area contributed by atoms with E-state index in [4.69, 9.17) is 4.74 Å². The van der Waals surface area contributed by atoms with Gasteiger partial charge in [0.2, 0.25) is 5.91 Å². The van der Waals surface area contributed by atoms with E-state index in [0.717, 1.165) is 12.1 Å². The molecule has 10 heteroatoms. The fourth-order valence-corrected chi connectivity index (χ4v) is 3.36. The standard InChI is InChI=1S/C21H20F4N2O4/c1-30-17-5-3-14(11-18(17)31-21(24)25)26-19(28)12-6-8-27(9-7-12)20(29)15-4-2-13(22)10-16(15)23/h2-5,10-12,21H,6-9H2,1H3,(H,26,28). The lowest BCUT2D eigenvalue weighted by atomic mass is 9.95. The second kappa shape index (κ2) is 9.67. The van der Waals surface area contributed by atoms with Crippen LogP contribution in [0.5, 0.6) is 11.5 Å². The van der Waals surface area contributed by atoms with Crippen LogP contribution >= 0.6 is 0 Å². The SMILES string of the molecule is COc1ccc(NC(=O)C2CCN(C(=O)c3ccc(F)cc3F)CC2)cc1OC(F)F. The molecule has 1 fully saturated rings. The fraction of sp³-hybridized carbons (Fsp3) is 0.333. The molecular weight excluding hydrogens is 420 g/mol. The van der Waals surface area contributed by atoms with Crippen molar-refractivity contribution in [1.29, 1.82) is 0 Å². The van der Waals surface area contributed by atoms with E-state index in [-0.39, 0.29) is 41.7 Å². The van der Waals surface area contributed by atoms with Crippen LogP contribution in [0.4, 0.5) is 23.2 Å². The van der Waals surface area contributed by atoms with Gasteiger partial charge < -0.3 is 19.7 Å². The molecule has 0 aliphatic carbocycles. The largest absolute Gasteiger partial charge is 0.493 e. The van der Waals surface area contributed by atoms with Crippen LogP contribution < -0.4 is 14.8 Å². The van der Waals surface area contributed by atoms with Gasteiger partial charge in [0.25, 0.3) is 5.91 Å². The Labute approximate surface area is 175 Å². The molecule has 2 amide bonds. The maximum atomic E-state index is 13.9. The zero-order valence-electron chi connectivity index (χ0n) is 16.5. The molecule has 0 atom stereocenters. The summed E-state index contributed by atoms with van der Waals surface area (Å²) in [6, 6.07) is 6.87. The molecule has 166 valence electrons. The van der Waals surface area contributed by atoms with Crippen LogP contribution in [0.3, 0.4) is 0 Å². The number of nitrogens with one attached hydrogen (secondary N) is 1. The number of hydrogen-bond acceptors (Lipinski definition) is 4. The van der Waals surface area contributed by atoms with Crippen LogP contribution in [0.25, 0.3) is 0 Å². The summed E-state index contributed by atoms with van der Waals surface area (Å²) in [4.78, 5) is 26.4. The molecule has 2 aromatic rings. The zero-order chi connectivity index (χ0) is 22.5. The number of hydrogen-bond donors (Lipinski definition) is 1. The van der Waals surface area contributed by atoms with Gasteiger partial charge in [0.15, 0.2) is 11.5 Å². The lowest BCUT2D eigenvalue weighted by Crippen LogP contribution is -2.41. The highest BCUT2D eigenvalue weighted by Gasteiger charge is 2.29. The maximum absolute atomic E-state index is 13.9. The molecule has 0 aromatic heterocycles. The van der Waals surface area contributed by atoms with Crippen molar-refractivity contribution in [1.82, 2.24) is 4.90 Å². The summed E-state index contributed by atoms with van der Waals surface area (Å²) in [5, 5.41) is 2.64. The minimum Gasteiger partial charge on any atom is -0.493 e. The molecule has 1 aliphatic heterocycles. The van der Waals surface area contributed by atoms with Crippen LogP contribution in [-0.2, 0) is 4.79 Å². The molecule has 1 heterocycles. The molecule has 31 heavy (non-hydrogen) atoms. The number of likely N-dealkylation sites (tertiary alicyclic amines) is 1. The number of benzene rings is 2. The first-order chi connectivity index (χ1) is 14.8. The van der Waals surface area contributed by atoms with Crippen LogP contribution in [0.15, 0.2) is 36.4 Å². The van der Waals surface area contributed by atoms with E-state index in [1.54, 1.807) is 0 Å². The fourth-order valence-electron chi connectivity index (χ4n) is 3.36. The van der Waals surface area contributed by atoms with Gasteiger partial charge in [-0.1, -0.05) is 0 Å². The number of halogens is 4. The molecule has 3 rings (SSSR count). The number of carbonyl (C=O) groups is 2. The molecular formula is C21H20F4N2O4. The van der Waals surface area contributed by atoms with Gasteiger partial charge in [-0.05, 0) is 37.1 Å². The summed E-state index contributed by atoms with van der Waals surface area (Å²) in [6.45, 7) is -2.61. The number of amides is 2. The van der Waals surface area contributed by atoms with Gasteiger partial charge in [-0.15, -0.1) is 0 Å². The van der Waals surface area contributed by atoms with Gasteiger partial charge in [0.05, 0.1) is 12.7 Å². The van der Waals surface area contributed by atoms with Gasteiger partial charge in [-0.25, -0.2) is 8.78 Å². The number of ether oxygens (including phenoxy) is 2. The summed E-state index contributed by atoms with van der Waals surface area (Å²) in [7, 11) is 1.30. The van der Waals surface area contributed by atoms with Gasteiger partial charge in [0, 0.05) is 36.8 Å². The van der Waals surface area contributed by atoms with Crippen molar-refractivity contribution in [2.75, 3.05) is 25.5 Å². The quantitative estimate of drug-likeness (QED) is 0.688. The van der Waals surface area contributed by atoms with Crippen LogP contribution in [0, 0.1) is 17.6 Å². The number of carbonyl (C=O) groups excluding carboxylic acids is 2. The summed E-state index contributed by atoms with van der Waals surface area (Å²) in [5.41, 5.74) is 0.0300. The Bertz CT molecular complexity index is 962. The minimum absolute atomic E-state index is 0.0955. The Morgan fingerprint density at radius 1 is 1.06 bits per heavy atom. The molecule has 1 aliphatic rings. The molecule has 1 N–H and O–H groups in total. The normalized spacial score (nSPS) is 14.5. The number of methoxy groups -OCH3 is 1. The molecule has 0 bridgehead atoms. The first kappa shape index (κ1) is 22.4. The number of rotatable bonds is 6. The lowest BCUT2D eigenvalue weighted by Gasteiger charge is -2.31. The molecule has 1 saturated heterocycles. The minimum atomic E-state index is -3.05. The molecule has 0 spiro atoms. The van der Waals surface area contributed by atoms with Crippen molar-refractivity contribution < 1.29 is 36.6 Å². The van der Waals surface area contributed by atoms with Crippen molar-refractivity contribution in [2.24, 2.45) is 5.92 Å². The summed E-state index contributed by atoms with van der Waals surface area (Å²) in [6.07, 6.45) is 0.661. The predicted octanol–water partition coefficient (Wildman–Crippen LogP) is 4.07.